The topological polar surface area (TPSA) is 39.1 Å². The summed E-state index contributed by atoms with van der Waals surface area (Å²) in [7, 11) is 2.17. The minimum Gasteiger partial charge on any atom is -0.381 e. The van der Waals surface area contributed by atoms with Gasteiger partial charge < -0.3 is 10.2 Å². The first-order valence-corrected chi connectivity index (χ1v) is 6.58. The van der Waals surface area contributed by atoms with Gasteiger partial charge >= 0.3 is 0 Å². The van der Waals surface area contributed by atoms with Crippen LogP contribution in [0.25, 0.3) is 0 Å². The minimum absolute atomic E-state index is 0.477. The molecule has 0 spiro atoms. The molecule has 0 aliphatic carbocycles. The molecule has 3 heteroatoms. The Bertz CT molecular complexity index is 461. The lowest BCUT2D eigenvalue weighted by molar-refractivity contribution is 0.190. The third-order valence-electron chi connectivity index (χ3n) is 3.95. The highest BCUT2D eigenvalue weighted by Crippen LogP contribution is 2.23. The van der Waals surface area contributed by atoms with Crippen molar-refractivity contribution in [2.24, 2.45) is 0 Å². The molecular weight excluding hydrogens is 222 g/mol. The summed E-state index contributed by atoms with van der Waals surface area (Å²) in [6, 6.07) is 9.39. The van der Waals surface area contributed by atoms with Crippen molar-refractivity contribution in [1.82, 2.24) is 4.90 Å². The number of piperidine rings is 1. The van der Waals surface area contributed by atoms with Gasteiger partial charge in [0.15, 0.2) is 0 Å². The fourth-order valence-corrected chi connectivity index (χ4v) is 2.58. The van der Waals surface area contributed by atoms with Gasteiger partial charge in [0.05, 0.1) is 11.3 Å². The fourth-order valence-electron chi connectivity index (χ4n) is 2.58. The number of nitrogens with zero attached hydrogens (tertiary/aromatic N) is 2. The van der Waals surface area contributed by atoms with E-state index >= 15 is 0 Å². The number of likely N-dealkylation sites (tertiary alicyclic amines) is 1. The van der Waals surface area contributed by atoms with E-state index in [-0.39, 0.29) is 0 Å². The highest BCUT2D eigenvalue weighted by atomic mass is 15.1. The lowest BCUT2D eigenvalue weighted by atomic mass is 9.98. The molecule has 1 aromatic rings. The summed E-state index contributed by atoms with van der Waals surface area (Å²) in [5.74, 6) is 0. The van der Waals surface area contributed by atoms with E-state index in [4.69, 9.17) is 0 Å². The number of hydrogen-bond acceptors (Lipinski definition) is 3. The zero-order valence-electron chi connectivity index (χ0n) is 11.4. The molecule has 1 heterocycles. The van der Waals surface area contributed by atoms with E-state index in [1.54, 1.807) is 0 Å². The van der Waals surface area contributed by atoms with Gasteiger partial charge in [-0.25, -0.2) is 0 Å². The monoisotopic (exact) mass is 243 g/mol. The SMILES string of the molecule is Cc1cccc(NC2CCN(C)C(C)C2)c1C#N. The van der Waals surface area contributed by atoms with Crippen LogP contribution in [0.15, 0.2) is 18.2 Å². The highest BCUT2D eigenvalue weighted by molar-refractivity contribution is 5.61. The molecule has 0 bridgehead atoms. The molecule has 1 saturated heterocycles. The van der Waals surface area contributed by atoms with Crippen LogP contribution < -0.4 is 5.32 Å². The lowest BCUT2D eigenvalue weighted by Gasteiger charge is -2.36. The van der Waals surface area contributed by atoms with E-state index in [1.165, 1.54) is 0 Å². The van der Waals surface area contributed by atoms with Crippen molar-refractivity contribution >= 4 is 5.69 Å². The van der Waals surface area contributed by atoms with Gasteiger partial charge in [-0.1, -0.05) is 12.1 Å². The predicted molar refractivity (Wildman–Crippen MR) is 74.6 cm³/mol. The number of benzene rings is 1. The Morgan fingerprint density at radius 2 is 2.22 bits per heavy atom. The summed E-state index contributed by atoms with van der Waals surface area (Å²) < 4.78 is 0. The first-order valence-electron chi connectivity index (χ1n) is 6.58. The van der Waals surface area contributed by atoms with Gasteiger partial charge in [-0.15, -0.1) is 0 Å². The summed E-state index contributed by atoms with van der Waals surface area (Å²) in [6.45, 7) is 5.36. The number of aryl methyl sites for hydroxylation is 1. The van der Waals surface area contributed by atoms with Gasteiger partial charge in [-0.05, 0) is 45.4 Å². The summed E-state index contributed by atoms with van der Waals surface area (Å²) in [5.41, 5.74) is 2.81. The molecule has 0 radical (unpaired) electrons. The normalized spacial score (nSPS) is 24.6. The van der Waals surface area contributed by atoms with Crippen molar-refractivity contribution in [1.29, 1.82) is 5.26 Å². The average Bonchev–Trinajstić information content (AvgIpc) is 2.34. The van der Waals surface area contributed by atoms with Crippen LogP contribution >= 0.6 is 0 Å². The van der Waals surface area contributed by atoms with E-state index < -0.39 is 0 Å². The molecule has 0 amide bonds. The standard InChI is InChI=1S/C15H21N3/c1-11-5-4-6-15(14(11)10-16)17-13-7-8-18(3)12(2)9-13/h4-6,12-13,17H,7-9H2,1-3H3. The molecule has 18 heavy (non-hydrogen) atoms. The smallest absolute Gasteiger partial charge is 0.102 e. The summed E-state index contributed by atoms with van der Waals surface area (Å²) in [4.78, 5) is 2.39. The van der Waals surface area contributed by atoms with E-state index in [2.05, 4.69) is 30.3 Å². The second-order valence-electron chi connectivity index (χ2n) is 5.30. The molecule has 2 unspecified atom stereocenters. The predicted octanol–water partition coefficient (Wildman–Crippen LogP) is 2.76. The maximum atomic E-state index is 9.22. The molecule has 0 aromatic heterocycles. The maximum absolute atomic E-state index is 9.22. The van der Waals surface area contributed by atoms with Crippen LogP contribution in [-0.4, -0.2) is 30.6 Å². The Morgan fingerprint density at radius 1 is 1.44 bits per heavy atom. The van der Waals surface area contributed by atoms with E-state index in [9.17, 15) is 5.26 Å². The van der Waals surface area contributed by atoms with Crippen LogP contribution in [0, 0.1) is 18.3 Å². The van der Waals surface area contributed by atoms with Crippen molar-refractivity contribution < 1.29 is 0 Å². The van der Waals surface area contributed by atoms with Crippen molar-refractivity contribution in [2.75, 3.05) is 18.9 Å². The molecular formula is C15H21N3. The van der Waals surface area contributed by atoms with Crippen molar-refractivity contribution in [3.8, 4) is 6.07 Å². The third kappa shape index (κ3) is 2.65. The number of nitrogens with one attached hydrogen (secondary N) is 1. The molecule has 0 saturated carbocycles. The van der Waals surface area contributed by atoms with Crippen LogP contribution in [-0.2, 0) is 0 Å². The fraction of sp³-hybridized carbons (Fsp3) is 0.533. The van der Waals surface area contributed by atoms with E-state index in [0.29, 0.717) is 12.1 Å². The second-order valence-corrected chi connectivity index (χ2v) is 5.30. The van der Waals surface area contributed by atoms with Crippen molar-refractivity contribution in [2.45, 2.75) is 38.8 Å². The van der Waals surface area contributed by atoms with Gasteiger partial charge in [0.25, 0.3) is 0 Å². The number of hydrogen-bond donors (Lipinski definition) is 1. The molecule has 1 N–H and O–H groups in total. The third-order valence-corrected chi connectivity index (χ3v) is 3.95. The summed E-state index contributed by atoms with van der Waals surface area (Å²) in [6.07, 6.45) is 2.27. The van der Waals surface area contributed by atoms with Gasteiger partial charge in [-0.2, -0.15) is 5.26 Å². The van der Waals surface area contributed by atoms with E-state index in [1.807, 2.05) is 25.1 Å². The molecule has 1 aromatic carbocycles. The zero-order valence-corrected chi connectivity index (χ0v) is 11.4. The van der Waals surface area contributed by atoms with Gasteiger partial charge in [0.2, 0.25) is 0 Å². The molecule has 3 nitrogen and oxygen atoms in total. The van der Waals surface area contributed by atoms with Crippen LogP contribution in [0.4, 0.5) is 5.69 Å². The molecule has 1 fully saturated rings. The average molecular weight is 243 g/mol. The molecule has 2 atom stereocenters. The van der Waals surface area contributed by atoms with Crippen LogP contribution in [0.3, 0.4) is 0 Å². The van der Waals surface area contributed by atoms with E-state index in [0.717, 1.165) is 36.2 Å². The Morgan fingerprint density at radius 3 is 2.89 bits per heavy atom. The number of rotatable bonds is 2. The molecule has 96 valence electrons. The van der Waals surface area contributed by atoms with Crippen molar-refractivity contribution in [3.05, 3.63) is 29.3 Å². The van der Waals surface area contributed by atoms with Crippen molar-refractivity contribution in [3.63, 3.8) is 0 Å². The summed E-state index contributed by atoms with van der Waals surface area (Å²) in [5, 5.41) is 12.8. The van der Waals surface area contributed by atoms with Gasteiger partial charge in [0, 0.05) is 18.6 Å². The Kier molecular flexibility index (Phi) is 3.88. The largest absolute Gasteiger partial charge is 0.381 e. The zero-order chi connectivity index (χ0) is 13.1. The Balaban J connectivity index is 2.11. The lowest BCUT2D eigenvalue weighted by Crippen LogP contribution is -2.42. The summed E-state index contributed by atoms with van der Waals surface area (Å²) >= 11 is 0. The van der Waals surface area contributed by atoms with Gasteiger partial charge in [0.1, 0.15) is 6.07 Å². The first kappa shape index (κ1) is 12.9. The quantitative estimate of drug-likeness (QED) is 0.868. The first-order chi connectivity index (χ1) is 8.61. The maximum Gasteiger partial charge on any atom is 0.102 e. The number of anilines is 1. The second kappa shape index (κ2) is 5.41. The van der Waals surface area contributed by atoms with Crippen LogP contribution in [0.5, 0.6) is 0 Å². The minimum atomic E-state index is 0.477. The van der Waals surface area contributed by atoms with Gasteiger partial charge in [-0.3, -0.25) is 0 Å². The molecule has 1 aliphatic heterocycles. The Labute approximate surface area is 109 Å². The molecule has 1 aliphatic rings. The van der Waals surface area contributed by atoms with Crippen LogP contribution in [0.1, 0.15) is 30.9 Å². The Hall–Kier alpha value is -1.53. The molecule has 2 rings (SSSR count). The number of nitriles is 1. The highest BCUT2D eigenvalue weighted by Gasteiger charge is 2.23. The van der Waals surface area contributed by atoms with Crippen LogP contribution in [0.2, 0.25) is 0 Å².